The zero-order valence-corrected chi connectivity index (χ0v) is 21.0. The molecule has 202 valence electrons. The predicted molar refractivity (Wildman–Crippen MR) is 141 cm³/mol. The summed E-state index contributed by atoms with van der Waals surface area (Å²) < 4.78 is 38.6. The van der Waals surface area contributed by atoms with Crippen molar-refractivity contribution in [2.75, 3.05) is 26.4 Å². The highest BCUT2D eigenvalue weighted by Gasteiger charge is 2.44. The number of aliphatic imine (C=N–C) groups is 1. The van der Waals surface area contributed by atoms with E-state index in [2.05, 4.69) is 15.3 Å². The number of ether oxygens (including phenoxy) is 2. The molecule has 9 nitrogen and oxygen atoms in total. The summed E-state index contributed by atoms with van der Waals surface area (Å²) in [6.07, 6.45) is 0.816. The number of hydrogen-bond donors (Lipinski definition) is 2. The van der Waals surface area contributed by atoms with Crippen LogP contribution in [0, 0.1) is 11.6 Å². The molecule has 39 heavy (non-hydrogen) atoms. The fourth-order valence-electron chi connectivity index (χ4n) is 4.19. The third kappa shape index (κ3) is 7.10. The van der Waals surface area contributed by atoms with Crippen LogP contribution in [0.3, 0.4) is 0 Å². The fraction of sp³-hybridized carbons (Fsp3) is 0.286. The number of hydrogen-bond acceptors (Lipinski definition) is 6. The van der Waals surface area contributed by atoms with Gasteiger partial charge in [-0.15, -0.1) is 0 Å². The lowest BCUT2D eigenvalue weighted by molar-refractivity contribution is -0.126. The normalized spacial score (nSPS) is 16.1. The van der Waals surface area contributed by atoms with Crippen molar-refractivity contribution in [1.82, 2.24) is 5.32 Å². The number of aliphatic hydroxyl groups excluding tert-OH is 1. The Hall–Kier alpha value is -4.47. The number of nitrogens with zero attached hydrogens (tertiary/aromatic N) is 4. The molecule has 0 aliphatic carbocycles. The molecule has 0 aromatic heterocycles. The second-order valence-corrected chi connectivity index (χ2v) is 8.97. The van der Waals surface area contributed by atoms with Crippen LogP contribution in [0.15, 0.2) is 76.8 Å². The maximum absolute atomic E-state index is 13.6. The van der Waals surface area contributed by atoms with Gasteiger partial charge in [0.25, 0.3) is 5.91 Å². The number of aliphatic hydroxyl groups is 1. The lowest BCUT2D eigenvalue weighted by Gasteiger charge is -2.24. The molecule has 0 saturated carbocycles. The number of halogens is 2. The van der Waals surface area contributed by atoms with Crippen molar-refractivity contribution in [3.05, 3.63) is 105 Å². The highest BCUT2D eigenvalue weighted by molar-refractivity contribution is 6.00. The lowest BCUT2D eigenvalue weighted by Crippen LogP contribution is -2.49. The van der Waals surface area contributed by atoms with Gasteiger partial charge in [0.1, 0.15) is 24.0 Å². The van der Waals surface area contributed by atoms with Crippen LogP contribution in [0.2, 0.25) is 0 Å². The van der Waals surface area contributed by atoms with Crippen LogP contribution in [0.1, 0.15) is 23.1 Å². The van der Waals surface area contributed by atoms with Crippen molar-refractivity contribution in [3.8, 4) is 5.75 Å². The first-order valence-electron chi connectivity index (χ1n) is 12.4. The van der Waals surface area contributed by atoms with Crippen LogP contribution in [-0.4, -0.2) is 48.8 Å². The predicted octanol–water partition coefficient (Wildman–Crippen LogP) is 4.79. The first kappa shape index (κ1) is 27.6. The molecule has 3 aromatic carbocycles. The number of rotatable bonds is 12. The maximum atomic E-state index is 13.6. The van der Waals surface area contributed by atoms with E-state index in [0.717, 1.165) is 6.07 Å². The van der Waals surface area contributed by atoms with Gasteiger partial charge in [0.05, 0.1) is 6.61 Å². The summed E-state index contributed by atoms with van der Waals surface area (Å²) in [7, 11) is 0. The Bertz CT molecular complexity index is 1370. The Kier molecular flexibility index (Phi) is 9.09. The van der Waals surface area contributed by atoms with Gasteiger partial charge >= 0.3 is 0 Å². The molecule has 1 atom stereocenters. The molecule has 0 bridgehead atoms. The summed E-state index contributed by atoms with van der Waals surface area (Å²) in [6.45, 7) is 0.465. The Morgan fingerprint density at radius 2 is 1.90 bits per heavy atom. The first-order valence-corrected chi connectivity index (χ1v) is 12.4. The van der Waals surface area contributed by atoms with Gasteiger partial charge in [-0.2, -0.15) is 0 Å². The number of carbonyl (C=O) groups is 1. The third-order valence-electron chi connectivity index (χ3n) is 6.11. The molecule has 11 heteroatoms. The SMILES string of the molecule is [N-]=[N+]=Nc1ccccc1C[C@]1(C(=O)NCCc2cc(F)cc(F)c2)COC(c2ccc(OCCCO)cc2)=N1. The van der Waals surface area contributed by atoms with Crippen LogP contribution in [-0.2, 0) is 22.4 Å². The van der Waals surface area contributed by atoms with Crippen LogP contribution in [0.25, 0.3) is 10.4 Å². The monoisotopic (exact) mass is 535 g/mol. The van der Waals surface area contributed by atoms with E-state index in [0.29, 0.717) is 41.2 Å². The van der Waals surface area contributed by atoms with Gasteiger partial charge in [0.2, 0.25) is 5.90 Å². The molecular formula is C28H27F2N5O4. The number of carbonyl (C=O) groups excluding carboxylic acids is 1. The van der Waals surface area contributed by atoms with Gasteiger partial charge in [-0.05, 0) is 59.5 Å². The quantitative estimate of drug-likeness (QED) is 0.150. The van der Waals surface area contributed by atoms with Crippen molar-refractivity contribution in [2.45, 2.75) is 24.8 Å². The van der Waals surface area contributed by atoms with E-state index in [1.165, 1.54) is 12.1 Å². The minimum Gasteiger partial charge on any atom is -0.494 e. The van der Waals surface area contributed by atoms with Gasteiger partial charge < -0.3 is 19.9 Å². The van der Waals surface area contributed by atoms with E-state index in [-0.39, 0.29) is 38.5 Å². The fourth-order valence-corrected chi connectivity index (χ4v) is 4.19. The number of benzene rings is 3. The molecule has 0 spiro atoms. The summed E-state index contributed by atoms with van der Waals surface area (Å²) in [5.41, 5.74) is 9.62. The van der Waals surface area contributed by atoms with Crippen LogP contribution >= 0.6 is 0 Å². The van der Waals surface area contributed by atoms with E-state index in [1.54, 1.807) is 48.5 Å². The molecule has 1 aliphatic heterocycles. The summed E-state index contributed by atoms with van der Waals surface area (Å²) in [5, 5.41) is 15.5. The minimum absolute atomic E-state index is 0.0365. The molecule has 0 unspecified atom stereocenters. The van der Waals surface area contributed by atoms with E-state index >= 15 is 0 Å². The average Bonchev–Trinajstić information content (AvgIpc) is 3.35. The van der Waals surface area contributed by atoms with Crippen molar-refractivity contribution in [2.24, 2.45) is 10.1 Å². The summed E-state index contributed by atoms with van der Waals surface area (Å²) in [6, 6.07) is 17.1. The van der Waals surface area contributed by atoms with Gasteiger partial charge in [0.15, 0.2) is 5.54 Å². The summed E-state index contributed by atoms with van der Waals surface area (Å²) >= 11 is 0. The second kappa shape index (κ2) is 12.9. The topological polar surface area (TPSA) is 129 Å². The highest BCUT2D eigenvalue weighted by atomic mass is 19.1. The molecule has 4 rings (SSSR count). The molecule has 1 heterocycles. The van der Waals surface area contributed by atoms with Gasteiger partial charge in [-0.1, -0.05) is 29.4 Å². The zero-order valence-electron chi connectivity index (χ0n) is 21.0. The Labute approximate surface area is 223 Å². The lowest BCUT2D eigenvalue weighted by atomic mass is 9.90. The van der Waals surface area contributed by atoms with Crippen molar-refractivity contribution < 1.29 is 28.2 Å². The maximum Gasteiger partial charge on any atom is 0.251 e. The third-order valence-corrected chi connectivity index (χ3v) is 6.11. The first-order chi connectivity index (χ1) is 18.9. The average molecular weight is 536 g/mol. The highest BCUT2D eigenvalue weighted by Crippen LogP contribution is 2.31. The van der Waals surface area contributed by atoms with E-state index < -0.39 is 23.1 Å². The molecule has 3 aromatic rings. The molecular weight excluding hydrogens is 508 g/mol. The Balaban J connectivity index is 1.57. The minimum atomic E-state index is -1.38. The van der Waals surface area contributed by atoms with E-state index in [4.69, 9.17) is 25.1 Å². The molecule has 1 amide bonds. The Morgan fingerprint density at radius 3 is 2.62 bits per heavy atom. The van der Waals surface area contributed by atoms with Crippen molar-refractivity contribution in [3.63, 3.8) is 0 Å². The smallest absolute Gasteiger partial charge is 0.251 e. The van der Waals surface area contributed by atoms with Gasteiger partial charge in [-0.25, -0.2) is 13.8 Å². The molecule has 0 fully saturated rings. The number of nitrogens with one attached hydrogen (secondary N) is 1. The second-order valence-electron chi connectivity index (χ2n) is 8.97. The standard InChI is InChI=1S/C28H27F2N5O4/c29-22-14-19(15-23(30)16-22)10-11-32-27(37)28(17-21-4-1-2-5-25(21)34-35-31)18-39-26(33-28)20-6-8-24(9-7-20)38-13-3-12-36/h1-2,4-9,14-16,36H,3,10-13,17-18H2,(H,32,37)/t28-/m1/s1. The zero-order chi connectivity index (χ0) is 27.7. The van der Waals surface area contributed by atoms with Gasteiger partial charge in [-0.3, -0.25) is 4.79 Å². The van der Waals surface area contributed by atoms with Crippen LogP contribution in [0.4, 0.5) is 14.5 Å². The molecule has 0 radical (unpaired) electrons. The van der Waals surface area contributed by atoms with E-state index in [1.807, 2.05) is 0 Å². The number of azide groups is 1. The Morgan fingerprint density at radius 1 is 1.15 bits per heavy atom. The van der Waals surface area contributed by atoms with Crippen molar-refractivity contribution in [1.29, 1.82) is 0 Å². The summed E-state index contributed by atoms with van der Waals surface area (Å²) in [4.78, 5) is 21.1. The van der Waals surface area contributed by atoms with Crippen LogP contribution in [0.5, 0.6) is 5.75 Å². The van der Waals surface area contributed by atoms with Gasteiger partial charge in [0, 0.05) is 48.2 Å². The molecule has 2 N–H and O–H groups in total. The largest absolute Gasteiger partial charge is 0.494 e. The number of amides is 1. The molecule has 0 saturated heterocycles. The van der Waals surface area contributed by atoms with Crippen molar-refractivity contribution >= 4 is 17.5 Å². The summed E-state index contributed by atoms with van der Waals surface area (Å²) in [5.74, 6) is -0.933. The molecule has 1 aliphatic rings. The van der Waals surface area contributed by atoms with Crippen LogP contribution < -0.4 is 10.1 Å². The van der Waals surface area contributed by atoms with E-state index in [9.17, 15) is 13.6 Å².